The molecule has 0 spiro atoms. The van der Waals surface area contributed by atoms with Crippen molar-refractivity contribution in [3.05, 3.63) is 35.7 Å². The van der Waals surface area contributed by atoms with Crippen LogP contribution in [0.1, 0.15) is 13.8 Å². The molecule has 0 aromatic heterocycles. The lowest BCUT2D eigenvalue weighted by atomic mass is 10.2. The van der Waals surface area contributed by atoms with Crippen LogP contribution in [0.5, 0.6) is 0 Å². The van der Waals surface area contributed by atoms with Gasteiger partial charge in [0.15, 0.2) is 0 Å². The Morgan fingerprint density at radius 2 is 1.83 bits per heavy atom. The summed E-state index contributed by atoms with van der Waals surface area (Å²) in [4.78, 5) is -0.182. The molecule has 2 rings (SSSR count). The van der Waals surface area contributed by atoms with E-state index in [1.807, 2.05) is 6.92 Å². The van der Waals surface area contributed by atoms with Crippen LogP contribution in [0.2, 0.25) is 0 Å². The zero-order valence-corrected chi connectivity index (χ0v) is 10.8. The maximum absolute atomic E-state index is 10.9. The molecule has 0 radical (unpaired) electrons. The van der Waals surface area contributed by atoms with Crippen LogP contribution in [-0.2, 0) is 10.1 Å². The van der Waals surface area contributed by atoms with Gasteiger partial charge in [0.2, 0.25) is 5.88 Å². The van der Waals surface area contributed by atoms with Crippen molar-refractivity contribution in [1.82, 2.24) is 5.43 Å². The molecule has 0 bridgehead atoms. The highest BCUT2D eigenvalue weighted by Crippen LogP contribution is 2.25. The second-order valence-corrected chi connectivity index (χ2v) is 5.58. The van der Waals surface area contributed by atoms with Crippen molar-refractivity contribution in [3.8, 4) is 0 Å². The van der Waals surface area contributed by atoms with Crippen molar-refractivity contribution < 1.29 is 18.1 Å². The minimum Gasteiger partial charge on any atom is -0.494 e. The zero-order valence-electron chi connectivity index (χ0n) is 9.95. The van der Waals surface area contributed by atoms with E-state index in [1.54, 1.807) is 6.92 Å². The Hall–Kier alpha value is -1.57. The van der Waals surface area contributed by atoms with Crippen LogP contribution in [-0.4, -0.2) is 24.1 Å². The Balaban J connectivity index is 2.33. The first kappa shape index (κ1) is 12.9. The normalized spacial score (nSPS) is 20.6. The first-order valence-electron chi connectivity index (χ1n) is 5.34. The fraction of sp³-hybridized carbons (Fsp3) is 0.273. The molecule has 1 aliphatic rings. The van der Waals surface area contributed by atoms with Gasteiger partial charge in [0.25, 0.3) is 10.1 Å². The van der Waals surface area contributed by atoms with E-state index in [0.717, 1.165) is 5.57 Å². The van der Waals surface area contributed by atoms with Crippen molar-refractivity contribution in [1.29, 1.82) is 0 Å². The summed E-state index contributed by atoms with van der Waals surface area (Å²) < 4.78 is 30.7. The largest absolute Gasteiger partial charge is 0.494 e. The molecule has 0 fully saturated rings. The Kier molecular flexibility index (Phi) is 3.05. The van der Waals surface area contributed by atoms with Crippen molar-refractivity contribution >= 4 is 15.8 Å². The Labute approximate surface area is 105 Å². The topological polar surface area (TPSA) is 89.9 Å². The average molecular weight is 270 g/mol. The SMILES string of the molecule is CC1=C(O)N(c2ccc(S(=O)(=O)O)cc2)NC1C. The second-order valence-electron chi connectivity index (χ2n) is 4.16. The Morgan fingerprint density at radius 3 is 2.22 bits per heavy atom. The van der Waals surface area contributed by atoms with Crippen molar-refractivity contribution in [2.45, 2.75) is 24.8 Å². The van der Waals surface area contributed by atoms with Gasteiger partial charge in [-0.25, -0.2) is 10.4 Å². The van der Waals surface area contributed by atoms with Crippen LogP contribution >= 0.6 is 0 Å². The van der Waals surface area contributed by atoms with E-state index < -0.39 is 10.1 Å². The average Bonchev–Trinajstić information content (AvgIpc) is 2.56. The van der Waals surface area contributed by atoms with Gasteiger partial charge in [0.05, 0.1) is 16.6 Å². The second kappa shape index (κ2) is 4.27. The summed E-state index contributed by atoms with van der Waals surface area (Å²) in [5.41, 5.74) is 4.41. The molecule has 7 heteroatoms. The van der Waals surface area contributed by atoms with Gasteiger partial charge in [0, 0.05) is 5.57 Å². The maximum atomic E-state index is 10.9. The quantitative estimate of drug-likeness (QED) is 0.704. The molecule has 0 aliphatic carbocycles. The van der Waals surface area contributed by atoms with Gasteiger partial charge in [-0.1, -0.05) is 0 Å². The molecule has 1 aromatic rings. The van der Waals surface area contributed by atoms with Gasteiger partial charge in [0.1, 0.15) is 0 Å². The monoisotopic (exact) mass is 270 g/mol. The number of aliphatic hydroxyl groups is 1. The third-order valence-electron chi connectivity index (χ3n) is 2.93. The molecule has 0 saturated heterocycles. The van der Waals surface area contributed by atoms with E-state index >= 15 is 0 Å². The third kappa shape index (κ3) is 2.20. The molecule has 0 saturated carbocycles. The third-order valence-corrected chi connectivity index (χ3v) is 3.80. The molecule has 1 aliphatic heterocycles. The summed E-state index contributed by atoms with van der Waals surface area (Å²) in [5, 5.41) is 11.4. The van der Waals surface area contributed by atoms with Gasteiger partial charge in [-0.15, -0.1) is 0 Å². The fourth-order valence-corrected chi connectivity index (χ4v) is 2.17. The van der Waals surface area contributed by atoms with Crippen LogP contribution in [0.15, 0.2) is 40.6 Å². The summed E-state index contributed by atoms with van der Waals surface area (Å²) in [5.74, 6) is 0.0992. The highest BCUT2D eigenvalue weighted by molar-refractivity contribution is 7.85. The number of hydrazine groups is 1. The van der Waals surface area contributed by atoms with Crippen molar-refractivity contribution in [2.24, 2.45) is 0 Å². The smallest absolute Gasteiger partial charge is 0.294 e. The van der Waals surface area contributed by atoms with Gasteiger partial charge in [-0.05, 0) is 38.1 Å². The molecule has 3 N–H and O–H groups in total. The first-order valence-corrected chi connectivity index (χ1v) is 6.78. The van der Waals surface area contributed by atoms with Crippen molar-refractivity contribution in [3.63, 3.8) is 0 Å². The van der Waals surface area contributed by atoms with Gasteiger partial charge in [-0.3, -0.25) is 4.55 Å². The highest BCUT2D eigenvalue weighted by atomic mass is 32.2. The molecule has 1 heterocycles. The number of hydrogen-bond donors (Lipinski definition) is 3. The van der Waals surface area contributed by atoms with Gasteiger partial charge >= 0.3 is 0 Å². The van der Waals surface area contributed by atoms with Crippen LogP contribution in [0.25, 0.3) is 0 Å². The van der Waals surface area contributed by atoms with E-state index in [2.05, 4.69) is 5.43 Å². The lowest BCUT2D eigenvalue weighted by Gasteiger charge is -2.19. The zero-order chi connectivity index (χ0) is 13.5. The number of nitrogens with one attached hydrogen (secondary N) is 1. The van der Waals surface area contributed by atoms with E-state index in [0.29, 0.717) is 5.69 Å². The number of anilines is 1. The molecular formula is C11H14N2O4S. The van der Waals surface area contributed by atoms with Crippen LogP contribution in [0.3, 0.4) is 0 Å². The minimum absolute atomic E-state index is 0.00579. The number of hydrogen-bond acceptors (Lipinski definition) is 5. The molecule has 0 amide bonds. The van der Waals surface area contributed by atoms with Gasteiger partial charge < -0.3 is 5.11 Å². The number of benzene rings is 1. The van der Waals surface area contributed by atoms with E-state index in [4.69, 9.17) is 4.55 Å². The number of aliphatic hydroxyl groups excluding tert-OH is 1. The molecule has 1 unspecified atom stereocenters. The molecule has 98 valence electrons. The minimum atomic E-state index is -4.19. The summed E-state index contributed by atoms with van der Waals surface area (Å²) in [6.07, 6.45) is 0. The molecule has 1 atom stereocenters. The first-order chi connectivity index (χ1) is 8.30. The maximum Gasteiger partial charge on any atom is 0.294 e. The lowest BCUT2D eigenvalue weighted by molar-refractivity contribution is 0.387. The van der Waals surface area contributed by atoms with Crippen LogP contribution in [0.4, 0.5) is 5.69 Å². The highest BCUT2D eigenvalue weighted by Gasteiger charge is 2.26. The predicted octanol–water partition coefficient (Wildman–Crippen LogP) is 1.44. The van der Waals surface area contributed by atoms with Gasteiger partial charge in [-0.2, -0.15) is 8.42 Å². The summed E-state index contributed by atoms with van der Waals surface area (Å²) in [6.45, 7) is 3.71. The number of nitrogens with zero attached hydrogens (tertiary/aromatic N) is 1. The fourth-order valence-electron chi connectivity index (χ4n) is 1.69. The summed E-state index contributed by atoms with van der Waals surface area (Å²) >= 11 is 0. The van der Waals surface area contributed by atoms with Crippen LogP contribution in [0, 0.1) is 0 Å². The Morgan fingerprint density at radius 1 is 1.28 bits per heavy atom. The van der Waals surface area contributed by atoms with Crippen molar-refractivity contribution in [2.75, 3.05) is 5.01 Å². The molecule has 18 heavy (non-hydrogen) atoms. The molecule has 6 nitrogen and oxygen atoms in total. The summed E-state index contributed by atoms with van der Waals surface area (Å²) in [6, 6.07) is 5.55. The van der Waals surface area contributed by atoms with E-state index in [1.165, 1.54) is 29.3 Å². The molecule has 1 aromatic carbocycles. The standard InChI is InChI=1S/C11H14N2O4S/c1-7-8(2)12-13(11(7)14)9-3-5-10(6-4-9)18(15,16)17/h3-6,8,12,14H,1-2H3,(H,15,16,17). The predicted molar refractivity (Wildman–Crippen MR) is 66.7 cm³/mol. The summed E-state index contributed by atoms with van der Waals surface area (Å²) in [7, 11) is -4.19. The lowest BCUT2D eigenvalue weighted by Crippen LogP contribution is -2.36. The van der Waals surface area contributed by atoms with Crippen LogP contribution < -0.4 is 10.4 Å². The molecular weight excluding hydrogens is 256 g/mol. The van der Waals surface area contributed by atoms with E-state index in [9.17, 15) is 13.5 Å². The number of rotatable bonds is 2. The Bertz CT molecular complexity index is 592. The van der Waals surface area contributed by atoms with E-state index in [-0.39, 0.29) is 16.8 Å².